The summed E-state index contributed by atoms with van der Waals surface area (Å²) in [6.07, 6.45) is 0.363. The van der Waals surface area contributed by atoms with Crippen LogP contribution in [-0.4, -0.2) is 45.3 Å². The molecule has 3 rings (SSSR count). The molecule has 0 radical (unpaired) electrons. The Balaban J connectivity index is 1.69. The second-order valence-corrected chi connectivity index (χ2v) is 9.11. The number of carbonyl (C=O) groups excluding carboxylic acids is 3. The SMILES string of the molecule is COc1ccc(C(=O)OC(C)C(=O)Nc2ccc(C(C)=O)cc2)cc1S(=O)(=O)NC1CC1. The van der Waals surface area contributed by atoms with Gasteiger partial charge >= 0.3 is 5.97 Å². The van der Waals surface area contributed by atoms with Crippen LogP contribution in [0.3, 0.4) is 0 Å². The van der Waals surface area contributed by atoms with Crippen molar-refractivity contribution in [1.82, 2.24) is 4.72 Å². The number of ether oxygens (including phenoxy) is 2. The number of sulfonamides is 1. The smallest absolute Gasteiger partial charge is 0.338 e. The van der Waals surface area contributed by atoms with E-state index >= 15 is 0 Å². The first-order valence-electron chi connectivity index (χ1n) is 9.94. The van der Waals surface area contributed by atoms with Gasteiger partial charge in [0.1, 0.15) is 10.6 Å². The van der Waals surface area contributed by atoms with E-state index in [1.807, 2.05) is 0 Å². The van der Waals surface area contributed by atoms with Crippen LogP contribution in [0.15, 0.2) is 47.4 Å². The molecule has 1 fully saturated rings. The summed E-state index contributed by atoms with van der Waals surface area (Å²) in [6, 6.07) is 10.0. The molecular formula is C22H24N2O7S. The average molecular weight is 461 g/mol. The third-order valence-corrected chi connectivity index (χ3v) is 6.34. The zero-order valence-corrected chi connectivity index (χ0v) is 18.7. The number of anilines is 1. The number of amides is 1. The highest BCUT2D eigenvalue weighted by molar-refractivity contribution is 7.89. The quantitative estimate of drug-likeness (QED) is 0.435. The van der Waals surface area contributed by atoms with E-state index < -0.39 is 28.0 Å². The summed E-state index contributed by atoms with van der Waals surface area (Å²) < 4.78 is 38.1. The number of carbonyl (C=O) groups is 3. The Bertz CT molecular complexity index is 1140. The summed E-state index contributed by atoms with van der Waals surface area (Å²) >= 11 is 0. The first-order chi connectivity index (χ1) is 15.1. The first-order valence-corrected chi connectivity index (χ1v) is 11.4. The highest BCUT2D eigenvalue weighted by atomic mass is 32.2. The van der Waals surface area contributed by atoms with Gasteiger partial charge in [-0.2, -0.15) is 0 Å². The molecule has 2 aromatic carbocycles. The topological polar surface area (TPSA) is 128 Å². The molecule has 0 aliphatic heterocycles. The molecule has 1 saturated carbocycles. The van der Waals surface area contributed by atoms with Gasteiger partial charge in [0, 0.05) is 17.3 Å². The molecule has 1 aliphatic rings. The predicted octanol–water partition coefficient (Wildman–Crippen LogP) is 2.52. The van der Waals surface area contributed by atoms with Gasteiger partial charge in [0.05, 0.1) is 12.7 Å². The number of hydrogen-bond acceptors (Lipinski definition) is 7. The fourth-order valence-electron chi connectivity index (χ4n) is 2.81. The maximum Gasteiger partial charge on any atom is 0.338 e. The molecule has 0 saturated heterocycles. The third kappa shape index (κ3) is 5.71. The Morgan fingerprint density at radius 1 is 1.03 bits per heavy atom. The van der Waals surface area contributed by atoms with Crippen LogP contribution in [0.25, 0.3) is 0 Å². The van der Waals surface area contributed by atoms with Crippen molar-refractivity contribution in [3.63, 3.8) is 0 Å². The highest BCUT2D eigenvalue weighted by Crippen LogP contribution is 2.28. The number of rotatable bonds is 9. The fraction of sp³-hybridized carbons (Fsp3) is 0.318. The standard InChI is InChI=1S/C22H24N2O7S/c1-13(25)15-4-7-17(8-5-15)23-21(26)14(2)31-22(27)16-6-11-19(30-3)20(12-16)32(28,29)24-18-9-10-18/h4-8,11-12,14,18,24H,9-10H2,1-3H3,(H,23,26). The first kappa shape index (κ1) is 23.4. The largest absolute Gasteiger partial charge is 0.495 e. The number of ketones is 1. The van der Waals surface area contributed by atoms with Crippen LogP contribution in [0.2, 0.25) is 0 Å². The van der Waals surface area contributed by atoms with Crippen LogP contribution in [0.5, 0.6) is 5.75 Å². The lowest BCUT2D eigenvalue weighted by Crippen LogP contribution is -2.30. The van der Waals surface area contributed by atoms with Crippen molar-refractivity contribution in [2.75, 3.05) is 12.4 Å². The van der Waals surface area contributed by atoms with Crippen molar-refractivity contribution in [3.8, 4) is 5.75 Å². The summed E-state index contributed by atoms with van der Waals surface area (Å²) in [6.45, 7) is 2.83. The molecule has 1 amide bonds. The lowest BCUT2D eigenvalue weighted by Gasteiger charge is -2.15. The second-order valence-electron chi connectivity index (χ2n) is 7.43. The summed E-state index contributed by atoms with van der Waals surface area (Å²) in [5.74, 6) is -1.44. The van der Waals surface area contributed by atoms with Crippen molar-refractivity contribution in [3.05, 3.63) is 53.6 Å². The fourth-order valence-corrected chi connectivity index (χ4v) is 4.31. The lowest BCUT2D eigenvalue weighted by molar-refractivity contribution is -0.123. The highest BCUT2D eigenvalue weighted by Gasteiger charge is 2.31. The maximum absolute atomic E-state index is 12.6. The Hall–Kier alpha value is -3.24. The van der Waals surface area contributed by atoms with Crippen LogP contribution in [0.4, 0.5) is 5.69 Å². The molecule has 0 aromatic heterocycles. The molecule has 1 aliphatic carbocycles. The molecule has 2 aromatic rings. The molecular weight excluding hydrogens is 436 g/mol. The minimum atomic E-state index is -3.88. The summed E-state index contributed by atoms with van der Waals surface area (Å²) in [5, 5.41) is 2.59. The Kier molecular flexibility index (Phi) is 6.95. The van der Waals surface area contributed by atoms with Crippen LogP contribution >= 0.6 is 0 Å². The van der Waals surface area contributed by atoms with Crippen molar-refractivity contribution >= 4 is 33.4 Å². The van der Waals surface area contributed by atoms with E-state index in [0.29, 0.717) is 11.3 Å². The second kappa shape index (κ2) is 9.49. The molecule has 10 heteroatoms. The predicted molar refractivity (Wildman–Crippen MR) is 116 cm³/mol. The minimum absolute atomic E-state index is 0.0348. The van der Waals surface area contributed by atoms with E-state index in [2.05, 4.69) is 10.0 Å². The van der Waals surface area contributed by atoms with Gasteiger partial charge in [-0.15, -0.1) is 0 Å². The molecule has 1 atom stereocenters. The van der Waals surface area contributed by atoms with Crippen molar-refractivity contribution in [2.24, 2.45) is 0 Å². The van der Waals surface area contributed by atoms with E-state index in [1.165, 1.54) is 33.1 Å². The van der Waals surface area contributed by atoms with Crippen LogP contribution in [-0.2, 0) is 19.6 Å². The number of nitrogens with one attached hydrogen (secondary N) is 2. The van der Waals surface area contributed by atoms with Gasteiger partial charge in [0.2, 0.25) is 10.0 Å². The molecule has 0 bridgehead atoms. The van der Waals surface area contributed by atoms with Gasteiger partial charge in [-0.1, -0.05) is 0 Å². The number of benzene rings is 2. The molecule has 0 heterocycles. The zero-order chi connectivity index (χ0) is 23.5. The van der Waals surface area contributed by atoms with Gasteiger partial charge in [-0.05, 0) is 69.2 Å². The van der Waals surface area contributed by atoms with E-state index in [0.717, 1.165) is 18.9 Å². The lowest BCUT2D eigenvalue weighted by atomic mass is 10.1. The number of hydrogen-bond donors (Lipinski definition) is 2. The van der Waals surface area contributed by atoms with E-state index in [-0.39, 0.29) is 28.0 Å². The minimum Gasteiger partial charge on any atom is -0.495 e. The Morgan fingerprint density at radius 3 is 2.22 bits per heavy atom. The number of methoxy groups -OCH3 is 1. The molecule has 9 nitrogen and oxygen atoms in total. The van der Waals surface area contributed by atoms with E-state index in [1.54, 1.807) is 24.3 Å². The van der Waals surface area contributed by atoms with Crippen molar-refractivity contribution in [2.45, 2.75) is 43.7 Å². The Labute approximate surface area is 186 Å². The van der Waals surface area contributed by atoms with Gasteiger partial charge in [0.15, 0.2) is 11.9 Å². The average Bonchev–Trinajstić information content (AvgIpc) is 3.56. The molecule has 32 heavy (non-hydrogen) atoms. The Morgan fingerprint density at radius 2 is 1.66 bits per heavy atom. The van der Waals surface area contributed by atoms with Gasteiger partial charge in [0.25, 0.3) is 5.91 Å². The van der Waals surface area contributed by atoms with Crippen molar-refractivity contribution in [1.29, 1.82) is 0 Å². The van der Waals surface area contributed by atoms with Gasteiger partial charge < -0.3 is 14.8 Å². The van der Waals surface area contributed by atoms with Crippen LogP contribution < -0.4 is 14.8 Å². The monoisotopic (exact) mass is 460 g/mol. The van der Waals surface area contributed by atoms with E-state index in [9.17, 15) is 22.8 Å². The third-order valence-electron chi connectivity index (χ3n) is 4.80. The van der Waals surface area contributed by atoms with Gasteiger partial charge in [-0.25, -0.2) is 17.9 Å². The number of Topliss-reactive ketones (excluding diaryl/α,β-unsaturated/α-hetero) is 1. The molecule has 2 N–H and O–H groups in total. The number of esters is 1. The van der Waals surface area contributed by atoms with E-state index in [4.69, 9.17) is 9.47 Å². The summed E-state index contributed by atoms with van der Waals surface area (Å²) in [4.78, 5) is 36.1. The normalized spacial score (nSPS) is 14.3. The van der Waals surface area contributed by atoms with Crippen LogP contribution in [0.1, 0.15) is 47.4 Å². The maximum atomic E-state index is 12.6. The molecule has 0 spiro atoms. The summed E-state index contributed by atoms with van der Waals surface area (Å²) in [5.41, 5.74) is 0.906. The van der Waals surface area contributed by atoms with Gasteiger partial charge in [-0.3, -0.25) is 9.59 Å². The molecule has 170 valence electrons. The van der Waals surface area contributed by atoms with Crippen LogP contribution in [0, 0.1) is 0 Å². The zero-order valence-electron chi connectivity index (χ0n) is 17.9. The molecule has 1 unspecified atom stereocenters. The summed E-state index contributed by atoms with van der Waals surface area (Å²) in [7, 11) is -2.54. The van der Waals surface area contributed by atoms with Crippen molar-refractivity contribution < 1.29 is 32.3 Å².